The molecule has 1 aromatic rings. The summed E-state index contributed by atoms with van der Waals surface area (Å²) in [4.78, 5) is 2.62. The van der Waals surface area contributed by atoms with Crippen molar-refractivity contribution < 1.29 is 0 Å². The van der Waals surface area contributed by atoms with E-state index in [1.54, 1.807) is 0 Å². The first-order chi connectivity index (χ1) is 9.22. The highest BCUT2D eigenvalue weighted by Gasteiger charge is 2.42. The third-order valence-electron chi connectivity index (χ3n) is 4.66. The monoisotopic (exact) mass is 259 g/mol. The van der Waals surface area contributed by atoms with E-state index >= 15 is 0 Å². The van der Waals surface area contributed by atoms with Crippen molar-refractivity contribution in [2.75, 3.05) is 19.6 Å². The van der Waals surface area contributed by atoms with Crippen LogP contribution in [0.3, 0.4) is 0 Å². The summed E-state index contributed by atoms with van der Waals surface area (Å²) in [6.45, 7) is 5.29. The van der Waals surface area contributed by atoms with Crippen molar-refractivity contribution in [3.8, 4) is 0 Å². The number of nitrogens with two attached hydrogens (primary N) is 1. The summed E-state index contributed by atoms with van der Waals surface area (Å²) in [5.74, 6) is 0. The second-order valence-corrected chi connectivity index (χ2v) is 6.21. The fourth-order valence-electron chi connectivity index (χ4n) is 3.28. The highest BCUT2D eigenvalue weighted by atomic mass is 15.3. The molecular formula is C16H25N3. The van der Waals surface area contributed by atoms with Crippen LogP contribution in [0.25, 0.3) is 0 Å². The predicted octanol–water partition coefficient (Wildman–Crippen LogP) is 1.90. The lowest BCUT2D eigenvalue weighted by Gasteiger charge is -2.33. The molecule has 3 rings (SSSR count). The van der Waals surface area contributed by atoms with E-state index in [1.807, 2.05) is 0 Å². The maximum Gasteiger partial charge on any atom is 0.0449 e. The number of rotatable bonds is 5. The maximum absolute atomic E-state index is 6.09. The van der Waals surface area contributed by atoms with Gasteiger partial charge in [0, 0.05) is 37.3 Å². The van der Waals surface area contributed by atoms with Gasteiger partial charge in [0.05, 0.1) is 0 Å². The van der Waals surface area contributed by atoms with Gasteiger partial charge in [-0.15, -0.1) is 0 Å². The van der Waals surface area contributed by atoms with Gasteiger partial charge in [-0.2, -0.15) is 0 Å². The van der Waals surface area contributed by atoms with Gasteiger partial charge in [0.25, 0.3) is 0 Å². The van der Waals surface area contributed by atoms with Crippen molar-refractivity contribution in [2.45, 2.75) is 43.8 Å². The van der Waals surface area contributed by atoms with Gasteiger partial charge in [-0.05, 0) is 31.7 Å². The summed E-state index contributed by atoms with van der Waals surface area (Å²) in [5.41, 5.74) is 7.55. The summed E-state index contributed by atoms with van der Waals surface area (Å²) >= 11 is 0. The largest absolute Gasteiger partial charge is 0.329 e. The van der Waals surface area contributed by atoms with Gasteiger partial charge in [0.2, 0.25) is 0 Å². The van der Waals surface area contributed by atoms with Crippen molar-refractivity contribution in [2.24, 2.45) is 5.73 Å². The number of nitrogens with zero attached hydrogens (tertiary/aromatic N) is 1. The lowest BCUT2D eigenvalue weighted by molar-refractivity contribution is 0.262. The van der Waals surface area contributed by atoms with Crippen molar-refractivity contribution >= 4 is 0 Å². The molecule has 1 heterocycles. The summed E-state index contributed by atoms with van der Waals surface area (Å²) in [6.07, 6.45) is 3.95. The fourth-order valence-corrected chi connectivity index (χ4v) is 3.28. The number of likely N-dealkylation sites (tertiary alicyclic amines) is 1. The highest BCUT2D eigenvalue weighted by molar-refractivity contribution is 5.19. The van der Waals surface area contributed by atoms with E-state index in [0.717, 1.165) is 19.1 Å². The Balaban J connectivity index is 1.66. The van der Waals surface area contributed by atoms with E-state index in [4.69, 9.17) is 5.73 Å². The van der Waals surface area contributed by atoms with Crippen LogP contribution in [-0.2, 0) is 0 Å². The van der Waals surface area contributed by atoms with Gasteiger partial charge >= 0.3 is 0 Å². The molecule has 0 radical (unpaired) electrons. The predicted molar refractivity (Wildman–Crippen MR) is 79.0 cm³/mol. The molecule has 2 atom stereocenters. The molecule has 2 unspecified atom stereocenters. The van der Waals surface area contributed by atoms with Crippen molar-refractivity contribution in [1.29, 1.82) is 0 Å². The van der Waals surface area contributed by atoms with Crippen LogP contribution in [-0.4, -0.2) is 36.1 Å². The van der Waals surface area contributed by atoms with Gasteiger partial charge in [-0.3, -0.25) is 4.90 Å². The van der Waals surface area contributed by atoms with Crippen LogP contribution in [0.2, 0.25) is 0 Å². The number of hydrogen-bond acceptors (Lipinski definition) is 3. The first-order valence-corrected chi connectivity index (χ1v) is 7.49. The molecule has 2 fully saturated rings. The summed E-state index contributed by atoms with van der Waals surface area (Å²) in [5, 5.41) is 3.80. The van der Waals surface area contributed by atoms with E-state index in [9.17, 15) is 0 Å². The minimum atomic E-state index is 0.109. The van der Waals surface area contributed by atoms with Gasteiger partial charge in [0.1, 0.15) is 0 Å². The van der Waals surface area contributed by atoms with E-state index < -0.39 is 0 Å². The third kappa shape index (κ3) is 2.83. The van der Waals surface area contributed by atoms with Crippen molar-refractivity contribution in [3.63, 3.8) is 0 Å². The van der Waals surface area contributed by atoms with Gasteiger partial charge < -0.3 is 11.1 Å². The molecule has 1 saturated heterocycles. The van der Waals surface area contributed by atoms with Crippen molar-refractivity contribution in [3.05, 3.63) is 35.9 Å². The summed E-state index contributed by atoms with van der Waals surface area (Å²) < 4.78 is 0. The standard InChI is InChI=1S/C16H25N3/c1-13(14-5-3-2-4-6-14)18-16(11-17)9-10-19(12-16)15-7-8-15/h2-6,13,15,18H,7-12,17H2,1H3. The molecule has 0 bridgehead atoms. The van der Waals surface area contributed by atoms with E-state index in [1.165, 1.54) is 31.4 Å². The smallest absolute Gasteiger partial charge is 0.0449 e. The third-order valence-corrected chi connectivity index (χ3v) is 4.66. The van der Waals surface area contributed by atoms with Crippen LogP contribution in [0.4, 0.5) is 0 Å². The fraction of sp³-hybridized carbons (Fsp3) is 0.625. The zero-order chi connectivity index (χ0) is 13.3. The SMILES string of the molecule is CC(NC1(CN)CCN(C2CC2)C1)c1ccccc1. The second kappa shape index (κ2) is 5.23. The summed E-state index contributed by atoms with van der Waals surface area (Å²) in [6, 6.07) is 11.9. The Kier molecular flexibility index (Phi) is 3.61. The Hall–Kier alpha value is -0.900. The molecule has 19 heavy (non-hydrogen) atoms. The van der Waals surface area contributed by atoms with Crippen LogP contribution in [0.15, 0.2) is 30.3 Å². The van der Waals surface area contributed by atoms with Gasteiger partial charge in [0.15, 0.2) is 0 Å². The van der Waals surface area contributed by atoms with Gasteiger partial charge in [-0.1, -0.05) is 30.3 Å². The first-order valence-electron chi connectivity index (χ1n) is 7.49. The maximum atomic E-state index is 6.09. The van der Waals surface area contributed by atoms with E-state index in [2.05, 4.69) is 47.5 Å². The zero-order valence-corrected chi connectivity index (χ0v) is 11.8. The lowest BCUT2D eigenvalue weighted by atomic mass is 9.96. The van der Waals surface area contributed by atoms with E-state index in [-0.39, 0.29) is 5.54 Å². The number of benzene rings is 1. The van der Waals surface area contributed by atoms with Gasteiger partial charge in [-0.25, -0.2) is 0 Å². The zero-order valence-electron chi connectivity index (χ0n) is 11.8. The second-order valence-electron chi connectivity index (χ2n) is 6.21. The molecule has 3 N–H and O–H groups in total. The lowest BCUT2D eigenvalue weighted by Crippen LogP contribution is -2.54. The molecule has 2 aliphatic rings. The molecule has 1 saturated carbocycles. The Morgan fingerprint density at radius 1 is 1.37 bits per heavy atom. The molecule has 1 aliphatic heterocycles. The first kappa shape index (κ1) is 13.1. The minimum Gasteiger partial charge on any atom is -0.329 e. The average molecular weight is 259 g/mol. The Labute approximate surface area is 116 Å². The summed E-state index contributed by atoms with van der Waals surface area (Å²) in [7, 11) is 0. The van der Waals surface area contributed by atoms with Crippen LogP contribution in [0, 0.1) is 0 Å². The topological polar surface area (TPSA) is 41.3 Å². The number of hydrogen-bond donors (Lipinski definition) is 2. The molecular weight excluding hydrogens is 234 g/mol. The van der Waals surface area contributed by atoms with Crippen LogP contribution >= 0.6 is 0 Å². The quantitative estimate of drug-likeness (QED) is 0.848. The molecule has 0 spiro atoms. The highest BCUT2D eigenvalue weighted by Crippen LogP contribution is 2.34. The minimum absolute atomic E-state index is 0.109. The Morgan fingerprint density at radius 2 is 2.11 bits per heavy atom. The van der Waals surface area contributed by atoms with Crippen LogP contribution in [0.5, 0.6) is 0 Å². The Morgan fingerprint density at radius 3 is 2.74 bits per heavy atom. The molecule has 104 valence electrons. The van der Waals surface area contributed by atoms with Crippen molar-refractivity contribution in [1.82, 2.24) is 10.2 Å². The molecule has 0 amide bonds. The molecule has 3 heteroatoms. The molecule has 1 aromatic carbocycles. The number of nitrogens with one attached hydrogen (secondary N) is 1. The van der Waals surface area contributed by atoms with Crippen LogP contribution in [0.1, 0.15) is 37.8 Å². The molecule has 0 aromatic heterocycles. The van der Waals surface area contributed by atoms with E-state index in [0.29, 0.717) is 6.04 Å². The molecule has 3 nitrogen and oxygen atoms in total. The Bertz CT molecular complexity index is 415. The van der Waals surface area contributed by atoms with Crippen LogP contribution < -0.4 is 11.1 Å². The molecule has 1 aliphatic carbocycles. The normalized spacial score (nSPS) is 29.6. The average Bonchev–Trinajstić information content (AvgIpc) is 3.22.